The van der Waals surface area contributed by atoms with Crippen molar-refractivity contribution in [3.05, 3.63) is 35.9 Å². The molecule has 0 amide bonds. The van der Waals surface area contributed by atoms with Crippen LogP contribution < -0.4 is 5.32 Å². The standard InChI is InChI=1S/C18H26N2/c1-2-15-8-10-16(11-9-15)13-20-14-18(12-19)17-6-4-3-5-7-17/h3-7,15-16,18,20H,2,8-11,13-14H2,1H3. The maximum atomic E-state index is 9.29. The average Bonchev–Trinajstić information content (AvgIpc) is 2.53. The monoisotopic (exact) mass is 270 g/mol. The summed E-state index contributed by atoms with van der Waals surface area (Å²) in [4.78, 5) is 0. The Morgan fingerprint density at radius 1 is 1.15 bits per heavy atom. The molecule has 20 heavy (non-hydrogen) atoms. The van der Waals surface area contributed by atoms with E-state index in [1.165, 1.54) is 32.1 Å². The quantitative estimate of drug-likeness (QED) is 0.844. The van der Waals surface area contributed by atoms with Crippen LogP contribution in [0.1, 0.15) is 50.5 Å². The van der Waals surface area contributed by atoms with Gasteiger partial charge < -0.3 is 5.32 Å². The third-order valence-electron chi connectivity index (χ3n) is 4.68. The Balaban J connectivity index is 1.71. The lowest BCUT2D eigenvalue weighted by Crippen LogP contribution is -2.29. The smallest absolute Gasteiger partial charge is 0.0837 e. The van der Waals surface area contributed by atoms with Crippen molar-refractivity contribution in [2.45, 2.75) is 44.9 Å². The molecular formula is C18H26N2. The Bertz CT molecular complexity index is 413. The second-order valence-electron chi connectivity index (χ2n) is 6.05. The summed E-state index contributed by atoms with van der Waals surface area (Å²) in [5, 5.41) is 12.8. The van der Waals surface area contributed by atoms with Crippen LogP contribution in [0, 0.1) is 23.2 Å². The van der Waals surface area contributed by atoms with E-state index < -0.39 is 0 Å². The van der Waals surface area contributed by atoms with Crippen molar-refractivity contribution in [2.75, 3.05) is 13.1 Å². The SMILES string of the molecule is CCC1CCC(CNCC(C#N)c2ccccc2)CC1. The molecule has 1 saturated carbocycles. The molecule has 1 aromatic carbocycles. The van der Waals surface area contributed by atoms with E-state index in [9.17, 15) is 5.26 Å². The first-order valence-electron chi connectivity index (χ1n) is 7.98. The van der Waals surface area contributed by atoms with Gasteiger partial charge in [-0.3, -0.25) is 0 Å². The summed E-state index contributed by atoms with van der Waals surface area (Å²) in [5.74, 6) is 1.75. The molecule has 1 atom stereocenters. The lowest BCUT2D eigenvalue weighted by Gasteiger charge is -2.28. The highest BCUT2D eigenvalue weighted by Gasteiger charge is 2.20. The molecular weight excluding hydrogens is 244 g/mol. The maximum Gasteiger partial charge on any atom is 0.0837 e. The molecule has 1 aromatic rings. The zero-order chi connectivity index (χ0) is 14.2. The number of nitriles is 1. The molecule has 2 rings (SSSR count). The van der Waals surface area contributed by atoms with Crippen LogP contribution >= 0.6 is 0 Å². The Morgan fingerprint density at radius 3 is 2.40 bits per heavy atom. The van der Waals surface area contributed by atoms with Crippen molar-refractivity contribution in [2.24, 2.45) is 11.8 Å². The van der Waals surface area contributed by atoms with E-state index in [1.807, 2.05) is 30.3 Å². The van der Waals surface area contributed by atoms with Crippen molar-refractivity contribution >= 4 is 0 Å². The van der Waals surface area contributed by atoms with Crippen molar-refractivity contribution in [1.29, 1.82) is 5.26 Å². The minimum atomic E-state index is -0.0248. The van der Waals surface area contributed by atoms with Crippen molar-refractivity contribution < 1.29 is 0 Å². The van der Waals surface area contributed by atoms with Crippen LogP contribution in [0.3, 0.4) is 0 Å². The van der Waals surface area contributed by atoms with Gasteiger partial charge in [0.25, 0.3) is 0 Å². The zero-order valence-electron chi connectivity index (χ0n) is 12.5. The zero-order valence-corrected chi connectivity index (χ0v) is 12.5. The van der Waals surface area contributed by atoms with Gasteiger partial charge in [0.05, 0.1) is 12.0 Å². The van der Waals surface area contributed by atoms with Crippen molar-refractivity contribution in [1.82, 2.24) is 5.32 Å². The number of rotatable bonds is 6. The average molecular weight is 270 g/mol. The fraction of sp³-hybridized carbons (Fsp3) is 0.611. The topological polar surface area (TPSA) is 35.8 Å². The van der Waals surface area contributed by atoms with Gasteiger partial charge in [-0.05, 0) is 36.8 Å². The van der Waals surface area contributed by atoms with E-state index in [-0.39, 0.29) is 5.92 Å². The van der Waals surface area contributed by atoms with Gasteiger partial charge in [0.2, 0.25) is 0 Å². The largest absolute Gasteiger partial charge is 0.315 e. The van der Waals surface area contributed by atoms with Crippen LogP contribution in [-0.2, 0) is 0 Å². The molecule has 1 aliphatic rings. The van der Waals surface area contributed by atoms with Gasteiger partial charge >= 0.3 is 0 Å². The van der Waals surface area contributed by atoms with Gasteiger partial charge in [0.1, 0.15) is 0 Å². The molecule has 0 aromatic heterocycles. The van der Waals surface area contributed by atoms with Gasteiger partial charge in [-0.25, -0.2) is 0 Å². The summed E-state index contributed by atoms with van der Waals surface area (Å²) in [7, 11) is 0. The highest BCUT2D eigenvalue weighted by molar-refractivity contribution is 5.24. The van der Waals surface area contributed by atoms with Gasteiger partial charge in [-0.1, -0.05) is 56.5 Å². The number of nitrogens with one attached hydrogen (secondary N) is 1. The lowest BCUT2D eigenvalue weighted by atomic mass is 9.81. The number of nitrogens with zero attached hydrogens (tertiary/aromatic N) is 1. The first-order valence-corrected chi connectivity index (χ1v) is 7.98. The first kappa shape index (κ1) is 15.1. The van der Waals surface area contributed by atoms with Gasteiger partial charge in [-0.2, -0.15) is 5.26 Å². The summed E-state index contributed by atoms with van der Waals surface area (Å²) >= 11 is 0. The molecule has 0 radical (unpaired) electrons. The van der Waals surface area contributed by atoms with Gasteiger partial charge in [0.15, 0.2) is 0 Å². The third kappa shape index (κ3) is 4.35. The van der Waals surface area contributed by atoms with Crippen molar-refractivity contribution in [3.63, 3.8) is 0 Å². The summed E-state index contributed by atoms with van der Waals surface area (Å²) in [6, 6.07) is 12.5. The Hall–Kier alpha value is -1.33. The Kier molecular flexibility index (Phi) is 6.08. The predicted molar refractivity (Wildman–Crippen MR) is 83.4 cm³/mol. The fourth-order valence-corrected chi connectivity index (χ4v) is 3.20. The molecule has 108 valence electrons. The molecule has 0 spiro atoms. The molecule has 1 unspecified atom stereocenters. The van der Waals surface area contributed by atoms with E-state index in [0.29, 0.717) is 0 Å². The third-order valence-corrected chi connectivity index (χ3v) is 4.68. The van der Waals surface area contributed by atoms with E-state index >= 15 is 0 Å². The minimum Gasteiger partial charge on any atom is -0.315 e. The number of benzene rings is 1. The number of hydrogen-bond acceptors (Lipinski definition) is 2. The van der Waals surface area contributed by atoms with Crippen LogP contribution in [0.4, 0.5) is 0 Å². The predicted octanol–water partition coefficient (Wildman–Crippen LogP) is 4.10. The highest BCUT2D eigenvalue weighted by Crippen LogP contribution is 2.30. The second kappa shape index (κ2) is 8.07. The summed E-state index contributed by atoms with van der Waals surface area (Å²) in [5.41, 5.74) is 1.12. The molecule has 2 heteroatoms. The number of hydrogen-bond donors (Lipinski definition) is 1. The van der Waals surface area contributed by atoms with Crippen molar-refractivity contribution in [3.8, 4) is 6.07 Å². The summed E-state index contributed by atoms with van der Waals surface area (Å²) in [6.07, 6.45) is 6.83. The minimum absolute atomic E-state index is 0.0248. The van der Waals surface area contributed by atoms with Crippen LogP contribution in [0.15, 0.2) is 30.3 Å². The summed E-state index contributed by atoms with van der Waals surface area (Å²) < 4.78 is 0. The van der Waals surface area contributed by atoms with E-state index in [0.717, 1.165) is 30.5 Å². The normalized spacial score (nSPS) is 24.0. The second-order valence-corrected chi connectivity index (χ2v) is 6.05. The van der Waals surface area contributed by atoms with E-state index in [4.69, 9.17) is 0 Å². The molecule has 0 saturated heterocycles. The lowest BCUT2D eigenvalue weighted by molar-refractivity contribution is 0.262. The van der Waals surface area contributed by atoms with E-state index in [1.54, 1.807) is 0 Å². The molecule has 1 aliphatic carbocycles. The highest BCUT2D eigenvalue weighted by atomic mass is 14.9. The Morgan fingerprint density at radius 2 is 1.80 bits per heavy atom. The molecule has 0 bridgehead atoms. The van der Waals surface area contributed by atoms with Crippen LogP contribution in [0.2, 0.25) is 0 Å². The Labute approximate surface area is 123 Å². The fourth-order valence-electron chi connectivity index (χ4n) is 3.20. The maximum absolute atomic E-state index is 9.29. The van der Waals surface area contributed by atoms with Gasteiger partial charge in [-0.15, -0.1) is 0 Å². The van der Waals surface area contributed by atoms with Gasteiger partial charge in [0, 0.05) is 6.54 Å². The molecule has 0 heterocycles. The first-order chi connectivity index (χ1) is 9.83. The van der Waals surface area contributed by atoms with Crippen LogP contribution in [0.5, 0.6) is 0 Å². The molecule has 0 aliphatic heterocycles. The van der Waals surface area contributed by atoms with Crippen LogP contribution in [-0.4, -0.2) is 13.1 Å². The molecule has 1 N–H and O–H groups in total. The summed E-state index contributed by atoms with van der Waals surface area (Å²) in [6.45, 7) is 4.15. The van der Waals surface area contributed by atoms with Crippen LogP contribution in [0.25, 0.3) is 0 Å². The van der Waals surface area contributed by atoms with E-state index in [2.05, 4.69) is 18.3 Å². The molecule has 1 fully saturated rings. The molecule has 2 nitrogen and oxygen atoms in total.